The molecule has 1 N–H and O–H groups in total. The first-order valence-electron chi connectivity index (χ1n) is 10.6. The Morgan fingerprint density at radius 2 is 1.76 bits per heavy atom. The number of para-hydroxylation sites is 1. The Balaban J connectivity index is 1.43. The van der Waals surface area contributed by atoms with E-state index in [1.54, 1.807) is 4.68 Å². The van der Waals surface area contributed by atoms with Crippen molar-refractivity contribution >= 4 is 28.3 Å². The van der Waals surface area contributed by atoms with Crippen LogP contribution >= 0.6 is 11.3 Å². The van der Waals surface area contributed by atoms with E-state index in [2.05, 4.69) is 74.1 Å². The number of carbonyl (C=O) groups is 1. The highest BCUT2D eigenvalue weighted by Gasteiger charge is 2.11. The number of thiazole rings is 1. The summed E-state index contributed by atoms with van der Waals surface area (Å²) in [7, 11) is 0. The molecule has 164 valence electrons. The summed E-state index contributed by atoms with van der Waals surface area (Å²) in [5, 5.41) is 14.7. The number of hydrogen-bond donors (Lipinski definition) is 1. The number of nitrogens with one attached hydrogen (secondary N) is 1. The molecule has 0 aliphatic rings. The number of amides is 1. The van der Waals surface area contributed by atoms with Gasteiger partial charge < -0.3 is 4.57 Å². The fourth-order valence-electron chi connectivity index (χ4n) is 3.61. The molecule has 1 amide bonds. The molecule has 0 aliphatic heterocycles. The van der Waals surface area contributed by atoms with Gasteiger partial charge in [-0.2, -0.15) is 0 Å². The lowest BCUT2D eigenvalue weighted by molar-refractivity contribution is -0.121. The first-order chi connectivity index (χ1) is 16.2. The first kappa shape index (κ1) is 20.8. The van der Waals surface area contributed by atoms with E-state index < -0.39 is 0 Å². The lowest BCUT2D eigenvalue weighted by Gasteiger charge is -2.10. The summed E-state index contributed by atoms with van der Waals surface area (Å²) in [6.45, 7) is 2.76. The van der Waals surface area contributed by atoms with Gasteiger partial charge in [0.2, 0.25) is 4.80 Å². The van der Waals surface area contributed by atoms with Crippen molar-refractivity contribution < 1.29 is 4.79 Å². The number of hydrogen-bond acceptors (Lipinski definition) is 5. The van der Waals surface area contributed by atoms with Crippen molar-refractivity contribution in [1.29, 1.82) is 0 Å². The van der Waals surface area contributed by atoms with Gasteiger partial charge in [-0.1, -0.05) is 77.5 Å². The molecule has 7 nitrogen and oxygen atoms in total. The van der Waals surface area contributed by atoms with E-state index in [1.165, 1.54) is 16.9 Å². The average Bonchev–Trinajstić information content (AvgIpc) is 3.43. The summed E-state index contributed by atoms with van der Waals surface area (Å²) >= 11 is 1.49. The number of rotatable bonds is 6. The van der Waals surface area contributed by atoms with Crippen molar-refractivity contribution in [2.45, 2.75) is 20.0 Å². The van der Waals surface area contributed by atoms with Crippen LogP contribution in [0.5, 0.6) is 0 Å². The molecular formula is C25H22N6OS. The van der Waals surface area contributed by atoms with Crippen molar-refractivity contribution in [3.63, 3.8) is 0 Å². The van der Waals surface area contributed by atoms with Gasteiger partial charge in [0.25, 0.3) is 5.91 Å². The number of nitrogens with zero attached hydrogens (tertiary/aromatic N) is 5. The topological polar surface area (TPSA) is 77.1 Å². The molecule has 2 aromatic heterocycles. The van der Waals surface area contributed by atoms with Crippen LogP contribution in [0.15, 0.2) is 89.3 Å². The fourth-order valence-corrected chi connectivity index (χ4v) is 4.48. The zero-order valence-corrected chi connectivity index (χ0v) is 18.9. The van der Waals surface area contributed by atoms with Gasteiger partial charge in [-0.15, -0.1) is 21.5 Å². The normalized spacial score (nSPS) is 11.7. The first-order valence-corrected chi connectivity index (χ1v) is 11.5. The second-order valence-corrected chi connectivity index (χ2v) is 8.56. The molecule has 0 saturated heterocycles. The van der Waals surface area contributed by atoms with E-state index in [1.807, 2.05) is 42.5 Å². The monoisotopic (exact) mass is 454 g/mol. The highest BCUT2D eigenvalue weighted by molar-refractivity contribution is 7.07. The summed E-state index contributed by atoms with van der Waals surface area (Å²) in [6.07, 6.45) is 0. The van der Waals surface area contributed by atoms with Gasteiger partial charge >= 0.3 is 0 Å². The van der Waals surface area contributed by atoms with Crippen molar-refractivity contribution in [3.8, 4) is 11.3 Å². The SMILES string of the molecule is Cc1ccc(-c2cs/c(=N\NC(=O)Cn3nnc4ccccc43)n2Cc2ccccc2)cc1. The average molecular weight is 455 g/mol. The van der Waals surface area contributed by atoms with Crippen LogP contribution in [0.3, 0.4) is 0 Å². The van der Waals surface area contributed by atoms with E-state index in [0.29, 0.717) is 11.3 Å². The number of aryl methyl sites for hydroxylation is 1. The second-order valence-electron chi connectivity index (χ2n) is 7.72. The zero-order chi connectivity index (χ0) is 22.6. The Morgan fingerprint density at radius 3 is 2.58 bits per heavy atom. The standard InChI is InChI=1S/C25H22N6OS/c1-18-11-13-20(14-12-18)23-17-33-25(30(23)15-19-7-3-2-4-8-19)28-27-24(32)16-31-22-10-6-5-9-21(22)26-29-31/h2-14,17H,15-16H2,1H3,(H,27,32)/b28-25-. The number of fused-ring (bicyclic) bond motifs is 1. The number of benzene rings is 3. The molecule has 0 unspecified atom stereocenters. The third-order valence-corrected chi connectivity index (χ3v) is 6.18. The molecule has 0 atom stereocenters. The quantitative estimate of drug-likeness (QED) is 0.395. The lowest BCUT2D eigenvalue weighted by Crippen LogP contribution is -2.28. The third kappa shape index (κ3) is 4.61. The maximum absolute atomic E-state index is 12.6. The molecule has 0 spiro atoms. The van der Waals surface area contributed by atoms with E-state index >= 15 is 0 Å². The fraction of sp³-hybridized carbons (Fsp3) is 0.120. The number of carbonyl (C=O) groups excluding carboxylic acids is 1. The highest BCUT2D eigenvalue weighted by Crippen LogP contribution is 2.21. The Labute approximate surface area is 194 Å². The molecule has 0 saturated carbocycles. The molecule has 5 aromatic rings. The summed E-state index contributed by atoms with van der Waals surface area (Å²) in [5.41, 5.74) is 8.78. The Bertz CT molecular complexity index is 1460. The van der Waals surface area contributed by atoms with E-state index in [0.717, 1.165) is 27.9 Å². The van der Waals surface area contributed by atoms with Crippen LogP contribution in [-0.2, 0) is 17.9 Å². The minimum Gasteiger partial charge on any atom is -0.311 e. The molecule has 3 aromatic carbocycles. The maximum atomic E-state index is 12.6. The summed E-state index contributed by atoms with van der Waals surface area (Å²) < 4.78 is 3.69. The summed E-state index contributed by atoms with van der Waals surface area (Å²) in [4.78, 5) is 13.3. The predicted octanol–water partition coefficient (Wildman–Crippen LogP) is 3.95. The molecule has 0 radical (unpaired) electrons. The van der Waals surface area contributed by atoms with Gasteiger partial charge in [-0.05, 0) is 30.2 Å². The van der Waals surface area contributed by atoms with E-state index in [-0.39, 0.29) is 12.5 Å². The molecular weight excluding hydrogens is 432 g/mol. The van der Waals surface area contributed by atoms with Crippen LogP contribution in [-0.4, -0.2) is 25.5 Å². The predicted molar refractivity (Wildman–Crippen MR) is 129 cm³/mol. The molecule has 0 fully saturated rings. The minimum atomic E-state index is -0.262. The molecule has 0 aliphatic carbocycles. The molecule has 0 bridgehead atoms. The highest BCUT2D eigenvalue weighted by atomic mass is 32.1. The Hall–Kier alpha value is -4.04. The largest absolute Gasteiger partial charge is 0.311 e. The van der Waals surface area contributed by atoms with Crippen LogP contribution in [0, 0.1) is 6.92 Å². The van der Waals surface area contributed by atoms with Crippen LogP contribution in [0.4, 0.5) is 0 Å². The molecule has 5 rings (SSSR count). The molecule has 2 heterocycles. The summed E-state index contributed by atoms with van der Waals surface area (Å²) in [6, 6.07) is 26.2. The molecule has 33 heavy (non-hydrogen) atoms. The van der Waals surface area contributed by atoms with Crippen molar-refractivity contribution in [2.75, 3.05) is 0 Å². The van der Waals surface area contributed by atoms with Crippen LogP contribution < -0.4 is 10.2 Å². The summed E-state index contributed by atoms with van der Waals surface area (Å²) in [5.74, 6) is -0.262. The zero-order valence-electron chi connectivity index (χ0n) is 18.0. The van der Waals surface area contributed by atoms with Gasteiger partial charge in [-0.3, -0.25) is 4.79 Å². The van der Waals surface area contributed by atoms with Gasteiger partial charge in [0, 0.05) is 5.38 Å². The van der Waals surface area contributed by atoms with Crippen LogP contribution in [0.2, 0.25) is 0 Å². The lowest BCUT2D eigenvalue weighted by atomic mass is 10.1. The van der Waals surface area contributed by atoms with E-state index in [9.17, 15) is 4.79 Å². The van der Waals surface area contributed by atoms with Crippen LogP contribution in [0.1, 0.15) is 11.1 Å². The Morgan fingerprint density at radius 1 is 1.00 bits per heavy atom. The van der Waals surface area contributed by atoms with Crippen molar-refractivity contribution in [3.05, 3.63) is 100 Å². The van der Waals surface area contributed by atoms with Gasteiger partial charge in [0.05, 0.1) is 17.8 Å². The smallest absolute Gasteiger partial charge is 0.261 e. The Kier molecular flexibility index (Phi) is 5.82. The maximum Gasteiger partial charge on any atom is 0.261 e. The van der Waals surface area contributed by atoms with Gasteiger partial charge in [0.15, 0.2) is 0 Å². The minimum absolute atomic E-state index is 0.0406. The van der Waals surface area contributed by atoms with Crippen molar-refractivity contribution in [1.82, 2.24) is 25.0 Å². The number of aromatic nitrogens is 4. The van der Waals surface area contributed by atoms with Crippen LogP contribution in [0.25, 0.3) is 22.3 Å². The van der Waals surface area contributed by atoms with E-state index in [4.69, 9.17) is 0 Å². The second kappa shape index (κ2) is 9.22. The third-order valence-electron chi connectivity index (χ3n) is 5.32. The van der Waals surface area contributed by atoms with Gasteiger partial charge in [0.1, 0.15) is 12.1 Å². The van der Waals surface area contributed by atoms with Crippen molar-refractivity contribution in [2.24, 2.45) is 5.10 Å². The molecule has 8 heteroatoms. The van der Waals surface area contributed by atoms with Gasteiger partial charge in [-0.25, -0.2) is 10.1 Å².